The normalized spacial score (nSPS) is 11.0. The lowest BCUT2D eigenvalue weighted by molar-refractivity contribution is 0.0700. The fourth-order valence-corrected chi connectivity index (χ4v) is 3.36. The second kappa shape index (κ2) is 8.06. The second-order valence-corrected chi connectivity index (χ2v) is 6.53. The molecule has 1 aromatic heterocycles. The van der Waals surface area contributed by atoms with Crippen LogP contribution in [0.25, 0.3) is 0 Å². The van der Waals surface area contributed by atoms with Gasteiger partial charge in [0.2, 0.25) is 0 Å². The second-order valence-electron chi connectivity index (χ2n) is 5.45. The number of hydrogen-bond donors (Lipinski definition) is 1. The van der Waals surface area contributed by atoms with Crippen LogP contribution in [0, 0.1) is 0 Å². The molecule has 0 fully saturated rings. The Kier molecular flexibility index (Phi) is 6.10. The number of aromatic carboxylic acids is 1. The van der Waals surface area contributed by atoms with Crippen LogP contribution in [0.5, 0.6) is 0 Å². The van der Waals surface area contributed by atoms with Gasteiger partial charge >= 0.3 is 5.97 Å². The molecular weight excluding hydrogens is 296 g/mol. The number of unbranched alkanes of at least 4 members (excludes halogenated alkanes) is 1. The standard InChI is InChI=1S/C17H22N2O2S/c1-3-4-10-14-16(17(20)21)22-15(18-14)12-19(2)11-13-8-6-5-7-9-13/h5-9H,3-4,10-12H2,1-2H3,(H,20,21). The topological polar surface area (TPSA) is 53.4 Å². The Labute approximate surface area is 135 Å². The minimum Gasteiger partial charge on any atom is -0.477 e. The number of carboxylic acid groups (broad SMARTS) is 1. The Balaban J connectivity index is 2.04. The highest BCUT2D eigenvalue weighted by Crippen LogP contribution is 2.22. The van der Waals surface area contributed by atoms with Gasteiger partial charge in [-0.25, -0.2) is 9.78 Å². The van der Waals surface area contributed by atoms with Crippen molar-refractivity contribution < 1.29 is 9.90 Å². The van der Waals surface area contributed by atoms with Gasteiger partial charge in [-0.3, -0.25) is 4.90 Å². The van der Waals surface area contributed by atoms with Gasteiger partial charge in [0.1, 0.15) is 9.88 Å². The number of carbonyl (C=O) groups is 1. The molecule has 22 heavy (non-hydrogen) atoms. The first-order valence-electron chi connectivity index (χ1n) is 7.54. The summed E-state index contributed by atoms with van der Waals surface area (Å²) in [5.74, 6) is -0.861. The number of rotatable bonds is 8. The number of hydrogen-bond acceptors (Lipinski definition) is 4. The molecule has 2 aromatic rings. The molecule has 0 amide bonds. The maximum absolute atomic E-state index is 11.3. The molecule has 1 N–H and O–H groups in total. The number of carboxylic acids is 1. The molecular formula is C17H22N2O2S. The van der Waals surface area contributed by atoms with Crippen LogP contribution in [-0.2, 0) is 19.5 Å². The molecule has 4 nitrogen and oxygen atoms in total. The Morgan fingerprint density at radius 3 is 2.64 bits per heavy atom. The van der Waals surface area contributed by atoms with Crippen molar-refractivity contribution in [1.82, 2.24) is 9.88 Å². The first-order chi connectivity index (χ1) is 10.6. The van der Waals surface area contributed by atoms with Gasteiger partial charge in [0.25, 0.3) is 0 Å². The van der Waals surface area contributed by atoms with Gasteiger partial charge in [-0.2, -0.15) is 0 Å². The monoisotopic (exact) mass is 318 g/mol. The van der Waals surface area contributed by atoms with Crippen LogP contribution >= 0.6 is 11.3 Å². The van der Waals surface area contributed by atoms with Gasteiger partial charge in [-0.15, -0.1) is 11.3 Å². The van der Waals surface area contributed by atoms with Crippen molar-refractivity contribution in [2.75, 3.05) is 7.05 Å². The Hall–Kier alpha value is -1.72. The summed E-state index contributed by atoms with van der Waals surface area (Å²) in [5, 5.41) is 10.2. The third-order valence-electron chi connectivity index (χ3n) is 3.40. The number of aryl methyl sites for hydroxylation is 1. The summed E-state index contributed by atoms with van der Waals surface area (Å²) in [5.41, 5.74) is 1.98. The first-order valence-corrected chi connectivity index (χ1v) is 8.36. The van der Waals surface area contributed by atoms with Gasteiger partial charge in [0, 0.05) is 6.54 Å². The lowest BCUT2D eigenvalue weighted by Gasteiger charge is -2.14. The van der Waals surface area contributed by atoms with E-state index in [0.29, 0.717) is 11.4 Å². The smallest absolute Gasteiger partial charge is 0.347 e. The van der Waals surface area contributed by atoms with E-state index in [0.717, 1.165) is 36.5 Å². The zero-order valence-corrected chi connectivity index (χ0v) is 13.9. The van der Waals surface area contributed by atoms with Crippen molar-refractivity contribution in [2.45, 2.75) is 39.3 Å². The molecule has 0 aliphatic rings. The molecule has 1 heterocycles. The fraction of sp³-hybridized carbons (Fsp3) is 0.412. The molecule has 5 heteroatoms. The number of nitrogens with zero attached hydrogens (tertiary/aromatic N) is 2. The van der Waals surface area contributed by atoms with Crippen LogP contribution in [0.1, 0.15) is 45.7 Å². The van der Waals surface area contributed by atoms with Crippen molar-refractivity contribution >= 4 is 17.3 Å². The lowest BCUT2D eigenvalue weighted by atomic mass is 10.2. The van der Waals surface area contributed by atoms with Crippen LogP contribution in [0.15, 0.2) is 30.3 Å². The molecule has 0 spiro atoms. The first kappa shape index (κ1) is 16.6. The average Bonchev–Trinajstić information content (AvgIpc) is 2.89. The van der Waals surface area contributed by atoms with Crippen LogP contribution in [0.3, 0.4) is 0 Å². The predicted octanol–water partition coefficient (Wildman–Crippen LogP) is 3.82. The zero-order valence-electron chi connectivity index (χ0n) is 13.1. The van der Waals surface area contributed by atoms with Crippen molar-refractivity contribution in [1.29, 1.82) is 0 Å². The maximum Gasteiger partial charge on any atom is 0.347 e. The molecule has 0 saturated carbocycles. The van der Waals surface area contributed by atoms with E-state index < -0.39 is 5.97 Å². The molecule has 0 bridgehead atoms. The molecule has 0 saturated heterocycles. The summed E-state index contributed by atoms with van der Waals surface area (Å²) < 4.78 is 0. The molecule has 0 aliphatic heterocycles. The average molecular weight is 318 g/mol. The zero-order chi connectivity index (χ0) is 15.9. The van der Waals surface area contributed by atoms with E-state index in [1.54, 1.807) is 0 Å². The van der Waals surface area contributed by atoms with E-state index in [1.165, 1.54) is 16.9 Å². The molecule has 118 valence electrons. The van der Waals surface area contributed by atoms with Crippen LogP contribution in [-0.4, -0.2) is 28.0 Å². The largest absolute Gasteiger partial charge is 0.477 e. The van der Waals surface area contributed by atoms with E-state index in [2.05, 4.69) is 28.9 Å². The van der Waals surface area contributed by atoms with Crippen LogP contribution in [0.4, 0.5) is 0 Å². The number of aromatic nitrogens is 1. The third kappa shape index (κ3) is 4.64. The quantitative estimate of drug-likeness (QED) is 0.804. The molecule has 0 radical (unpaired) electrons. The fourth-order valence-electron chi connectivity index (χ4n) is 2.33. The van der Waals surface area contributed by atoms with Gasteiger partial charge in [0.15, 0.2) is 0 Å². The highest BCUT2D eigenvalue weighted by molar-refractivity contribution is 7.13. The van der Waals surface area contributed by atoms with E-state index in [9.17, 15) is 9.90 Å². The number of benzene rings is 1. The molecule has 0 unspecified atom stereocenters. The Morgan fingerprint density at radius 2 is 2.00 bits per heavy atom. The summed E-state index contributed by atoms with van der Waals surface area (Å²) >= 11 is 1.30. The molecule has 0 aliphatic carbocycles. The van der Waals surface area contributed by atoms with Crippen LogP contribution < -0.4 is 0 Å². The van der Waals surface area contributed by atoms with E-state index in [-0.39, 0.29) is 0 Å². The van der Waals surface area contributed by atoms with Crippen LogP contribution in [0.2, 0.25) is 0 Å². The summed E-state index contributed by atoms with van der Waals surface area (Å²) in [4.78, 5) is 18.4. The maximum atomic E-state index is 11.3. The highest BCUT2D eigenvalue weighted by Gasteiger charge is 2.17. The third-order valence-corrected chi connectivity index (χ3v) is 4.47. The van der Waals surface area contributed by atoms with Crippen molar-refractivity contribution in [3.8, 4) is 0 Å². The van der Waals surface area contributed by atoms with Crippen molar-refractivity contribution in [3.63, 3.8) is 0 Å². The van der Waals surface area contributed by atoms with Gasteiger partial charge in [-0.1, -0.05) is 43.7 Å². The van der Waals surface area contributed by atoms with E-state index in [1.807, 2.05) is 25.2 Å². The number of thiazole rings is 1. The Bertz CT molecular complexity index is 610. The molecule has 0 atom stereocenters. The van der Waals surface area contributed by atoms with Crippen molar-refractivity contribution in [2.24, 2.45) is 0 Å². The summed E-state index contributed by atoms with van der Waals surface area (Å²) in [7, 11) is 2.03. The molecule has 2 rings (SSSR count). The SMILES string of the molecule is CCCCc1nc(CN(C)Cc2ccccc2)sc1C(=O)O. The summed E-state index contributed by atoms with van der Waals surface area (Å²) in [6.45, 7) is 3.60. The molecule has 1 aromatic carbocycles. The minimum atomic E-state index is -0.861. The van der Waals surface area contributed by atoms with Gasteiger partial charge < -0.3 is 5.11 Å². The van der Waals surface area contributed by atoms with E-state index >= 15 is 0 Å². The summed E-state index contributed by atoms with van der Waals surface area (Å²) in [6.07, 6.45) is 2.76. The van der Waals surface area contributed by atoms with Gasteiger partial charge in [-0.05, 0) is 25.5 Å². The predicted molar refractivity (Wildman–Crippen MR) is 89.3 cm³/mol. The minimum absolute atomic E-state index is 0.400. The Morgan fingerprint density at radius 1 is 1.27 bits per heavy atom. The van der Waals surface area contributed by atoms with Gasteiger partial charge in [0.05, 0.1) is 12.2 Å². The van der Waals surface area contributed by atoms with E-state index in [4.69, 9.17) is 0 Å². The van der Waals surface area contributed by atoms with Crippen molar-refractivity contribution in [3.05, 3.63) is 51.5 Å². The lowest BCUT2D eigenvalue weighted by Crippen LogP contribution is -2.17. The highest BCUT2D eigenvalue weighted by atomic mass is 32.1. The summed E-state index contributed by atoms with van der Waals surface area (Å²) in [6, 6.07) is 10.2.